The zero-order chi connectivity index (χ0) is 20.9. The van der Waals surface area contributed by atoms with Gasteiger partial charge in [-0.25, -0.2) is 0 Å². The SMILES string of the molecule is CN(C)C(=O)c1ccc(CSc2nnc(N3CCCCC3)n2-c2ccccc2)cc1. The van der Waals surface area contributed by atoms with E-state index in [1.54, 1.807) is 30.8 Å². The molecule has 0 N–H and O–H groups in total. The van der Waals surface area contributed by atoms with Crippen molar-refractivity contribution in [1.82, 2.24) is 19.7 Å². The van der Waals surface area contributed by atoms with Gasteiger partial charge >= 0.3 is 0 Å². The first-order valence-corrected chi connectivity index (χ1v) is 11.3. The van der Waals surface area contributed by atoms with Gasteiger partial charge < -0.3 is 9.80 Å². The van der Waals surface area contributed by atoms with Gasteiger partial charge in [-0.2, -0.15) is 0 Å². The van der Waals surface area contributed by atoms with Crippen LogP contribution in [-0.2, 0) is 5.75 Å². The van der Waals surface area contributed by atoms with Crippen molar-refractivity contribution < 1.29 is 4.79 Å². The van der Waals surface area contributed by atoms with Crippen molar-refractivity contribution in [3.63, 3.8) is 0 Å². The Morgan fingerprint density at radius 2 is 1.67 bits per heavy atom. The van der Waals surface area contributed by atoms with Crippen molar-refractivity contribution in [2.75, 3.05) is 32.1 Å². The van der Waals surface area contributed by atoms with Gasteiger partial charge in [0.1, 0.15) is 0 Å². The van der Waals surface area contributed by atoms with Crippen LogP contribution in [0.3, 0.4) is 0 Å². The maximum absolute atomic E-state index is 12.1. The summed E-state index contributed by atoms with van der Waals surface area (Å²) >= 11 is 1.67. The fourth-order valence-corrected chi connectivity index (χ4v) is 4.51. The number of aromatic nitrogens is 3. The molecule has 2 aromatic carbocycles. The Morgan fingerprint density at radius 1 is 0.967 bits per heavy atom. The number of hydrogen-bond acceptors (Lipinski definition) is 5. The molecular weight excluding hydrogens is 394 g/mol. The van der Waals surface area contributed by atoms with Crippen molar-refractivity contribution in [3.8, 4) is 5.69 Å². The Labute approximate surface area is 181 Å². The van der Waals surface area contributed by atoms with E-state index in [1.807, 2.05) is 42.5 Å². The van der Waals surface area contributed by atoms with E-state index < -0.39 is 0 Å². The summed E-state index contributed by atoms with van der Waals surface area (Å²) in [6, 6.07) is 18.1. The van der Waals surface area contributed by atoms with Gasteiger partial charge in [-0.3, -0.25) is 9.36 Å². The monoisotopic (exact) mass is 421 g/mol. The number of thioether (sulfide) groups is 1. The second kappa shape index (κ2) is 9.34. The van der Waals surface area contributed by atoms with Crippen LogP contribution in [0.1, 0.15) is 35.2 Å². The fraction of sp³-hybridized carbons (Fsp3) is 0.348. The minimum atomic E-state index is 0.0178. The number of amides is 1. The molecule has 4 rings (SSSR count). The molecule has 156 valence electrons. The summed E-state index contributed by atoms with van der Waals surface area (Å²) in [5.41, 5.74) is 2.93. The minimum Gasteiger partial charge on any atom is -0.345 e. The first-order chi connectivity index (χ1) is 14.6. The zero-order valence-corrected chi connectivity index (χ0v) is 18.3. The van der Waals surface area contributed by atoms with E-state index in [4.69, 9.17) is 0 Å². The van der Waals surface area contributed by atoms with Crippen molar-refractivity contribution in [3.05, 3.63) is 65.7 Å². The molecule has 1 aliphatic rings. The van der Waals surface area contributed by atoms with Gasteiger partial charge in [-0.05, 0) is 49.1 Å². The number of rotatable bonds is 6. The highest BCUT2D eigenvalue weighted by molar-refractivity contribution is 7.98. The molecule has 1 amide bonds. The lowest BCUT2D eigenvalue weighted by atomic mass is 10.1. The molecule has 3 aromatic rings. The minimum absolute atomic E-state index is 0.0178. The number of anilines is 1. The fourth-order valence-electron chi connectivity index (χ4n) is 3.61. The molecule has 30 heavy (non-hydrogen) atoms. The first-order valence-electron chi connectivity index (χ1n) is 10.3. The molecule has 6 nitrogen and oxygen atoms in total. The third-order valence-corrected chi connectivity index (χ3v) is 6.24. The van der Waals surface area contributed by atoms with Gasteiger partial charge in [-0.15, -0.1) is 10.2 Å². The highest BCUT2D eigenvalue weighted by atomic mass is 32.2. The van der Waals surface area contributed by atoms with Crippen LogP contribution in [0, 0.1) is 0 Å². The standard InChI is InChI=1S/C23H27N5OS/c1-26(2)21(29)19-13-11-18(12-14-19)17-30-23-25-24-22(27-15-7-4-8-16-27)28(23)20-9-5-3-6-10-20/h3,5-6,9-14H,4,7-8,15-17H2,1-2H3. The van der Waals surface area contributed by atoms with E-state index in [-0.39, 0.29) is 5.91 Å². The number of benzene rings is 2. The number of hydrogen-bond donors (Lipinski definition) is 0. The van der Waals surface area contributed by atoms with Crippen molar-refractivity contribution in [2.45, 2.75) is 30.2 Å². The maximum atomic E-state index is 12.1. The first kappa shape index (κ1) is 20.5. The van der Waals surface area contributed by atoms with Gasteiger partial charge in [0.05, 0.1) is 5.69 Å². The molecule has 7 heteroatoms. The maximum Gasteiger partial charge on any atom is 0.253 e. The topological polar surface area (TPSA) is 54.3 Å². The summed E-state index contributed by atoms with van der Waals surface area (Å²) < 4.78 is 2.17. The number of piperidine rings is 1. The average Bonchev–Trinajstić information content (AvgIpc) is 3.22. The molecule has 2 heterocycles. The van der Waals surface area contributed by atoms with Crippen molar-refractivity contribution in [1.29, 1.82) is 0 Å². The van der Waals surface area contributed by atoms with Crippen LogP contribution in [0.4, 0.5) is 5.95 Å². The Morgan fingerprint density at radius 3 is 2.33 bits per heavy atom. The smallest absolute Gasteiger partial charge is 0.253 e. The van der Waals surface area contributed by atoms with Crippen molar-refractivity contribution >= 4 is 23.6 Å². The molecule has 0 spiro atoms. The lowest BCUT2D eigenvalue weighted by Crippen LogP contribution is -2.31. The Balaban J connectivity index is 1.55. The molecule has 1 aromatic heterocycles. The largest absolute Gasteiger partial charge is 0.345 e. The second-order valence-electron chi connectivity index (χ2n) is 7.69. The molecule has 0 unspecified atom stereocenters. The number of carbonyl (C=O) groups is 1. The summed E-state index contributed by atoms with van der Waals surface area (Å²) in [6.07, 6.45) is 3.67. The lowest BCUT2D eigenvalue weighted by Gasteiger charge is -2.27. The lowest BCUT2D eigenvalue weighted by molar-refractivity contribution is 0.0827. The molecule has 0 bridgehead atoms. The summed E-state index contributed by atoms with van der Waals surface area (Å²) in [6.45, 7) is 2.05. The van der Waals surface area contributed by atoms with E-state index in [0.29, 0.717) is 5.56 Å². The third-order valence-electron chi connectivity index (χ3n) is 5.24. The van der Waals surface area contributed by atoms with Crippen LogP contribution in [0.5, 0.6) is 0 Å². The van der Waals surface area contributed by atoms with Crippen LogP contribution in [0.25, 0.3) is 5.69 Å². The Bertz CT molecular complexity index is 979. The average molecular weight is 422 g/mol. The summed E-state index contributed by atoms with van der Waals surface area (Å²) in [4.78, 5) is 16.0. The van der Waals surface area contributed by atoms with Crippen LogP contribution in [0.2, 0.25) is 0 Å². The second-order valence-corrected chi connectivity index (χ2v) is 8.63. The molecule has 1 aliphatic heterocycles. The van der Waals surface area contributed by atoms with Gasteiger partial charge in [0.2, 0.25) is 5.95 Å². The number of carbonyl (C=O) groups excluding carboxylic acids is 1. The van der Waals surface area contributed by atoms with E-state index in [1.165, 1.54) is 19.3 Å². The number of para-hydroxylation sites is 1. The van der Waals surface area contributed by atoms with Crippen LogP contribution < -0.4 is 4.90 Å². The normalized spacial score (nSPS) is 14.0. The third kappa shape index (κ3) is 4.51. The molecular formula is C23H27N5OS. The van der Waals surface area contributed by atoms with Crippen LogP contribution >= 0.6 is 11.8 Å². The Kier molecular flexibility index (Phi) is 6.38. The predicted octanol–water partition coefficient (Wildman–Crippen LogP) is 4.25. The molecule has 0 aliphatic carbocycles. The summed E-state index contributed by atoms with van der Waals surface area (Å²) in [5.74, 6) is 1.71. The van der Waals surface area contributed by atoms with Gasteiger partial charge in [0.25, 0.3) is 5.91 Å². The zero-order valence-electron chi connectivity index (χ0n) is 17.5. The summed E-state index contributed by atoms with van der Waals surface area (Å²) in [7, 11) is 3.53. The van der Waals surface area contributed by atoms with Crippen molar-refractivity contribution in [2.24, 2.45) is 0 Å². The van der Waals surface area contributed by atoms with E-state index in [9.17, 15) is 4.79 Å². The van der Waals surface area contributed by atoms with Gasteiger partial charge in [-0.1, -0.05) is 42.1 Å². The van der Waals surface area contributed by atoms with E-state index >= 15 is 0 Å². The van der Waals surface area contributed by atoms with Gasteiger partial charge in [0, 0.05) is 38.5 Å². The van der Waals surface area contributed by atoms with E-state index in [2.05, 4.69) is 31.8 Å². The van der Waals surface area contributed by atoms with E-state index in [0.717, 1.165) is 41.2 Å². The highest BCUT2D eigenvalue weighted by Gasteiger charge is 2.21. The Hall–Kier alpha value is -2.80. The van der Waals surface area contributed by atoms with Gasteiger partial charge in [0.15, 0.2) is 5.16 Å². The molecule has 0 saturated carbocycles. The van der Waals surface area contributed by atoms with Crippen LogP contribution in [0.15, 0.2) is 59.8 Å². The molecule has 0 atom stereocenters. The molecule has 1 fully saturated rings. The summed E-state index contributed by atoms with van der Waals surface area (Å²) in [5, 5.41) is 9.96. The quantitative estimate of drug-likeness (QED) is 0.557. The predicted molar refractivity (Wildman–Crippen MR) is 121 cm³/mol. The molecule has 1 saturated heterocycles. The highest BCUT2D eigenvalue weighted by Crippen LogP contribution is 2.30. The molecule has 0 radical (unpaired) electrons. The number of nitrogens with zero attached hydrogens (tertiary/aromatic N) is 5. The van der Waals surface area contributed by atoms with Crippen LogP contribution in [-0.4, -0.2) is 52.8 Å².